The van der Waals surface area contributed by atoms with E-state index in [1.165, 1.54) is 24.8 Å². The molecule has 1 fully saturated rings. The summed E-state index contributed by atoms with van der Waals surface area (Å²) in [7, 11) is 1.84. The summed E-state index contributed by atoms with van der Waals surface area (Å²) in [4.78, 5) is 0. The van der Waals surface area contributed by atoms with Crippen molar-refractivity contribution in [1.29, 1.82) is 0 Å². The van der Waals surface area contributed by atoms with Crippen LogP contribution in [0.2, 0.25) is 5.02 Å². The smallest absolute Gasteiger partial charge is 0.0667 e. The third-order valence-electron chi connectivity index (χ3n) is 4.66. The summed E-state index contributed by atoms with van der Waals surface area (Å²) >= 11 is 6.19. The molecule has 0 aliphatic heterocycles. The number of methoxy groups -OCH3 is 1. The van der Waals surface area contributed by atoms with Crippen molar-refractivity contribution in [3.63, 3.8) is 0 Å². The van der Waals surface area contributed by atoms with Crippen molar-refractivity contribution in [2.45, 2.75) is 50.5 Å². The van der Waals surface area contributed by atoms with E-state index in [1.54, 1.807) is 0 Å². The third kappa shape index (κ3) is 2.59. The minimum atomic E-state index is 0.134. The Morgan fingerprint density at radius 1 is 1.47 bits per heavy atom. The summed E-state index contributed by atoms with van der Waals surface area (Å²) < 4.78 is 5.80. The molecule has 0 aromatic heterocycles. The van der Waals surface area contributed by atoms with Crippen molar-refractivity contribution in [3.05, 3.63) is 40.9 Å². The fourth-order valence-electron chi connectivity index (χ4n) is 3.50. The minimum absolute atomic E-state index is 0.134. The molecule has 1 aromatic rings. The summed E-state index contributed by atoms with van der Waals surface area (Å²) in [5.74, 6) is 0. The van der Waals surface area contributed by atoms with Crippen LogP contribution in [0.25, 0.3) is 6.08 Å². The molecule has 1 aliphatic rings. The van der Waals surface area contributed by atoms with Crippen LogP contribution in [0.15, 0.2) is 24.8 Å². The van der Waals surface area contributed by atoms with Crippen LogP contribution in [0.4, 0.5) is 0 Å². The van der Waals surface area contributed by atoms with Crippen molar-refractivity contribution < 1.29 is 4.74 Å². The molecule has 1 aromatic carbocycles. The Bertz CT molecular complexity index is 455. The zero-order chi connectivity index (χ0) is 13.9. The molecular weight excluding hydrogens is 256 g/mol. The molecule has 104 valence electrons. The quantitative estimate of drug-likeness (QED) is 0.734. The second-order valence-electron chi connectivity index (χ2n) is 5.42. The van der Waals surface area contributed by atoms with Crippen LogP contribution in [0, 0.1) is 0 Å². The lowest BCUT2D eigenvalue weighted by Crippen LogP contribution is -2.43. The van der Waals surface area contributed by atoms with Crippen molar-refractivity contribution in [3.8, 4) is 0 Å². The summed E-state index contributed by atoms with van der Waals surface area (Å²) in [6.07, 6.45) is 8.13. The Labute approximate surface area is 121 Å². The molecule has 19 heavy (non-hydrogen) atoms. The van der Waals surface area contributed by atoms with Gasteiger partial charge < -0.3 is 4.74 Å². The fourth-order valence-corrected chi connectivity index (χ4v) is 3.69. The van der Waals surface area contributed by atoms with Crippen molar-refractivity contribution in [2.75, 3.05) is 7.11 Å². The Morgan fingerprint density at radius 3 is 2.89 bits per heavy atom. The topological polar surface area (TPSA) is 9.23 Å². The predicted molar refractivity (Wildman–Crippen MR) is 82.8 cm³/mol. The first-order valence-electron chi connectivity index (χ1n) is 7.13. The van der Waals surface area contributed by atoms with E-state index in [9.17, 15) is 0 Å². The number of halogens is 1. The van der Waals surface area contributed by atoms with Gasteiger partial charge in [0.05, 0.1) is 6.10 Å². The monoisotopic (exact) mass is 278 g/mol. The van der Waals surface area contributed by atoms with Crippen LogP contribution in [-0.4, -0.2) is 13.2 Å². The highest BCUT2D eigenvalue weighted by atomic mass is 35.5. The van der Waals surface area contributed by atoms with Gasteiger partial charge >= 0.3 is 0 Å². The standard InChI is InChI=1S/C17H23ClO/c1-4-13-12-14(9-10-15(13)18)17(5-2)11-7-6-8-16(17)19-3/h4,9-10,12,16H,1,5-8,11H2,2-3H3. The highest BCUT2D eigenvalue weighted by Gasteiger charge is 2.41. The number of hydrogen-bond donors (Lipinski definition) is 0. The van der Waals surface area contributed by atoms with Crippen LogP contribution in [0.5, 0.6) is 0 Å². The van der Waals surface area contributed by atoms with E-state index < -0.39 is 0 Å². The molecule has 2 atom stereocenters. The highest BCUT2D eigenvalue weighted by molar-refractivity contribution is 6.32. The van der Waals surface area contributed by atoms with Crippen LogP contribution >= 0.6 is 11.6 Å². The van der Waals surface area contributed by atoms with Gasteiger partial charge in [-0.25, -0.2) is 0 Å². The second kappa shape index (κ2) is 6.11. The van der Waals surface area contributed by atoms with E-state index in [-0.39, 0.29) is 5.41 Å². The Hall–Kier alpha value is -0.790. The maximum Gasteiger partial charge on any atom is 0.0667 e. The largest absolute Gasteiger partial charge is 0.381 e. The van der Waals surface area contributed by atoms with Gasteiger partial charge in [0.15, 0.2) is 0 Å². The molecule has 1 saturated carbocycles. The first-order chi connectivity index (χ1) is 9.17. The molecule has 0 saturated heterocycles. The molecule has 2 heteroatoms. The van der Waals surface area contributed by atoms with Gasteiger partial charge in [-0.2, -0.15) is 0 Å². The fraction of sp³-hybridized carbons (Fsp3) is 0.529. The van der Waals surface area contributed by atoms with Gasteiger partial charge in [-0.3, -0.25) is 0 Å². The first-order valence-corrected chi connectivity index (χ1v) is 7.51. The summed E-state index contributed by atoms with van der Waals surface area (Å²) in [5.41, 5.74) is 2.50. The average molecular weight is 279 g/mol. The van der Waals surface area contributed by atoms with Crippen LogP contribution in [0.1, 0.15) is 50.2 Å². The second-order valence-corrected chi connectivity index (χ2v) is 5.83. The van der Waals surface area contributed by atoms with Crippen LogP contribution < -0.4 is 0 Å². The molecular formula is C17H23ClO. The average Bonchev–Trinajstić information content (AvgIpc) is 2.47. The molecule has 1 nitrogen and oxygen atoms in total. The number of hydrogen-bond acceptors (Lipinski definition) is 1. The van der Waals surface area contributed by atoms with Crippen LogP contribution in [0.3, 0.4) is 0 Å². The summed E-state index contributed by atoms with van der Waals surface area (Å²) in [6.45, 7) is 6.11. The molecule has 0 amide bonds. The summed E-state index contributed by atoms with van der Waals surface area (Å²) in [6, 6.07) is 6.35. The number of rotatable bonds is 4. The number of ether oxygens (including phenoxy) is 1. The van der Waals surface area contributed by atoms with Gasteiger partial charge in [0.2, 0.25) is 0 Å². The normalized spacial score (nSPS) is 27.2. The van der Waals surface area contributed by atoms with Gasteiger partial charge in [-0.15, -0.1) is 0 Å². The lowest BCUT2D eigenvalue weighted by molar-refractivity contribution is -0.000777. The lowest BCUT2D eigenvalue weighted by atomic mass is 9.65. The van der Waals surface area contributed by atoms with E-state index in [4.69, 9.17) is 16.3 Å². The Balaban J connectivity index is 2.47. The third-order valence-corrected chi connectivity index (χ3v) is 5.01. The molecule has 1 aliphatic carbocycles. The van der Waals surface area contributed by atoms with E-state index in [0.29, 0.717) is 6.10 Å². The number of benzene rings is 1. The predicted octanol–water partition coefficient (Wildman–Crippen LogP) is 5.22. The SMILES string of the molecule is C=Cc1cc(C2(CC)CCCCC2OC)ccc1Cl. The van der Waals surface area contributed by atoms with E-state index >= 15 is 0 Å². The first kappa shape index (κ1) is 14.6. The summed E-state index contributed by atoms with van der Waals surface area (Å²) in [5, 5.41) is 0.773. The molecule has 2 unspecified atom stereocenters. The molecule has 0 bridgehead atoms. The molecule has 0 N–H and O–H groups in total. The van der Waals surface area contributed by atoms with Crippen molar-refractivity contribution >= 4 is 17.7 Å². The van der Waals surface area contributed by atoms with E-state index in [0.717, 1.165) is 23.4 Å². The van der Waals surface area contributed by atoms with Gasteiger partial charge in [0.25, 0.3) is 0 Å². The zero-order valence-electron chi connectivity index (χ0n) is 11.9. The Morgan fingerprint density at radius 2 is 2.26 bits per heavy atom. The maximum atomic E-state index is 6.19. The van der Waals surface area contributed by atoms with E-state index in [2.05, 4.69) is 25.6 Å². The minimum Gasteiger partial charge on any atom is -0.381 e. The van der Waals surface area contributed by atoms with Gasteiger partial charge in [-0.1, -0.05) is 50.1 Å². The van der Waals surface area contributed by atoms with Gasteiger partial charge in [-0.05, 0) is 42.5 Å². The highest BCUT2D eigenvalue weighted by Crippen LogP contribution is 2.44. The zero-order valence-corrected chi connectivity index (χ0v) is 12.7. The van der Waals surface area contributed by atoms with Gasteiger partial charge in [0.1, 0.15) is 0 Å². The Kier molecular flexibility index (Phi) is 4.70. The molecule has 2 rings (SSSR count). The lowest BCUT2D eigenvalue weighted by Gasteiger charge is -2.43. The van der Waals surface area contributed by atoms with Crippen molar-refractivity contribution in [2.24, 2.45) is 0 Å². The van der Waals surface area contributed by atoms with Gasteiger partial charge in [0, 0.05) is 17.5 Å². The van der Waals surface area contributed by atoms with Crippen molar-refractivity contribution in [1.82, 2.24) is 0 Å². The van der Waals surface area contributed by atoms with Crippen LogP contribution in [-0.2, 0) is 10.2 Å². The van der Waals surface area contributed by atoms with E-state index in [1.807, 2.05) is 19.3 Å². The molecule has 0 heterocycles. The molecule has 0 spiro atoms. The molecule has 0 radical (unpaired) electrons. The maximum absolute atomic E-state index is 6.19.